The fourth-order valence-corrected chi connectivity index (χ4v) is 3.35. The van der Waals surface area contributed by atoms with Crippen molar-refractivity contribution in [3.05, 3.63) is 35.6 Å². The van der Waals surface area contributed by atoms with Crippen LogP contribution in [0.4, 0.5) is 4.39 Å². The van der Waals surface area contributed by atoms with Crippen molar-refractivity contribution in [1.29, 1.82) is 0 Å². The van der Waals surface area contributed by atoms with Crippen LogP contribution in [-0.2, 0) is 11.3 Å². The Bertz CT molecular complexity index is 518. The van der Waals surface area contributed by atoms with Crippen LogP contribution in [0.1, 0.15) is 44.1 Å². The highest BCUT2D eigenvalue weighted by Gasteiger charge is 2.31. The van der Waals surface area contributed by atoms with E-state index >= 15 is 0 Å². The van der Waals surface area contributed by atoms with Crippen molar-refractivity contribution in [3.63, 3.8) is 0 Å². The molecular weight excluding hydrogens is 315 g/mol. The normalized spacial score (nSPS) is 23.4. The number of carbonyl (C=O) groups is 1. The summed E-state index contributed by atoms with van der Waals surface area (Å²) in [6.45, 7) is 1.41. The average molecular weight is 341 g/mol. The number of amides is 1. The maximum atomic E-state index is 13.0. The molecule has 0 unspecified atom stereocenters. The van der Waals surface area contributed by atoms with Gasteiger partial charge < -0.3 is 10.6 Å². The van der Waals surface area contributed by atoms with Crippen molar-refractivity contribution >= 4 is 18.3 Å². The van der Waals surface area contributed by atoms with Crippen LogP contribution in [0.5, 0.6) is 0 Å². The van der Waals surface area contributed by atoms with Gasteiger partial charge in [-0.25, -0.2) is 4.39 Å². The van der Waals surface area contributed by atoms with Crippen molar-refractivity contribution < 1.29 is 9.18 Å². The Morgan fingerprint density at radius 1 is 1.17 bits per heavy atom. The third kappa shape index (κ3) is 5.18. The van der Waals surface area contributed by atoms with Crippen LogP contribution >= 0.6 is 12.4 Å². The van der Waals surface area contributed by atoms with Gasteiger partial charge in [0.2, 0.25) is 5.91 Å². The molecule has 0 heterocycles. The largest absolute Gasteiger partial charge is 0.338 e. The predicted molar refractivity (Wildman–Crippen MR) is 91.7 cm³/mol. The zero-order valence-corrected chi connectivity index (χ0v) is 14.2. The van der Waals surface area contributed by atoms with E-state index in [1.165, 1.54) is 25.0 Å². The van der Waals surface area contributed by atoms with E-state index in [9.17, 15) is 9.18 Å². The first-order valence-electron chi connectivity index (χ1n) is 8.39. The molecule has 3 rings (SSSR count). The van der Waals surface area contributed by atoms with Gasteiger partial charge in [-0.15, -0.1) is 12.4 Å². The minimum Gasteiger partial charge on any atom is -0.338 e. The predicted octanol–water partition coefficient (Wildman–Crippen LogP) is 3.50. The number of nitrogens with two attached hydrogens (primary N) is 1. The minimum atomic E-state index is -0.235. The maximum absolute atomic E-state index is 13.0. The lowest BCUT2D eigenvalue weighted by Gasteiger charge is -2.25. The first-order chi connectivity index (χ1) is 10.6. The average Bonchev–Trinajstić information content (AvgIpc) is 3.23. The van der Waals surface area contributed by atoms with Gasteiger partial charge >= 0.3 is 0 Å². The number of benzene rings is 1. The second-order valence-electron chi connectivity index (χ2n) is 6.90. The number of nitrogens with zero attached hydrogens (tertiary/aromatic N) is 1. The van der Waals surface area contributed by atoms with Gasteiger partial charge in [0, 0.05) is 25.6 Å². The first kappa shape index (κ1) is 18.2. The molecule has 2 atom stereocenters. The summed E-state index contributed by atoms with van der Waals surface area (Å²) < 4.78 is 13.0. The molecular formula is C18H26ClFN2O. The van der Waals surface area contributed by atoms with Crippen LogP contribution in [0, 0.1) is 17.7 Å². The van der Waals surface area contributed by atoms with Gasteiger partial charge in [-0.1, -0.05) is 18.6 Å². The molecule has 128 valence electrons. The van der Waals surface area contributed by atoms with E-state index in [-0.39, 0.29) is 30.2 Å². The summed E-state index contributed by atoms with van der Waals surface area (Å²) in [5, 5.41) is 0. The van der Waals surface area contributed by atoms with Gasteiger partial charge in [0.05, 0.1) is 0 Å². The van der Waals surface area contributed by atoms with Gasteiger partial charge in [0.1, 0.15) is 5.82 Å². The third-order valence-electron chi connectivity index (χ3n) is 4.97. The topological polar surface area (TPSA) is 46.3 Å². The number of rotatable bonds is 6. The molecule has 0 saturated heterocycles. The SMILES string of the molecule is Cl.N[C@@H]1CCC[C@H]1CC(=O)N(Cc1ccc(F)cc1)CC1CC1. The lowest BCUT2D eigenvalue weighted by molar-refractivity contribution is -0.133. The van der Waals surface area contributed by atoms with Crippen LogP contribution in [0.15, 0.2) is 24.3 Å². The fourth-order valence-electron chi connectivity index (χ4n) is 3.35. The van der Waals surface area contributed by atoms with Crippen molar-refractivity contribution in [2.24, 2.45) is 17.6 Å². The molecule has 0 bridgehead atoms. The fraction of sp³-hybridized carbons (Fsp3) is 0.611. The molecule has 1 aromatic rings. The monoisotopic (exact) mass is 340 g/mol. The molecule has 1 aromatic carbocycles. The molecule has 5 heteroatoms. The lowest BCUT2D eigenvalue weighted by Crippen LogP contribution is -2.36. The van der Waals surface area contributed by atoms with Crippen LogP contribution in [0.2, 0.25) is 0 Å². The summed E-state index contributed by atoms with van der Waals surface area (Å²) in [6.07, 6.45) is 6.25. The Kier molecular flexibility index (Phi) is 6.42. The number of hydrogen-bond donors (Lipinski definition) is 1. The van der Waals surface area contributed by atoms with Crippen LogP contribution in [0.3, 0.4) is 0 Å². The second kappa shape index (κ2) is 8.11. The molecule has 2 fully saturated rings. The molecule has 0 spiro atoms. The molecule has 2 N–H and O–H groups in total. The summed E-state index contributed by atoms with van der Waals surface area (Å²) in [6, 6.07) is 6.63. The highest BCUT2D eigenvalue weighted by Crippen LogP contribution is 2.32. The zero-order valence-electron chi connectivity index (χ0n) is 13.4. The first-order valence-corrected chi connectivity index (χ1v) is 8.39. The summed E-state index contributed by atoms with van der Waals surface area (Å²) in [7, 11) is 0. The van der Waals surface area contributed by atoms with Crippen LogP contribution in [-0.4, -0.2) is 23.4 Å². The Morgan fingerprint density at radius 3 is 2.43 bits per heavy atom. The molecule has 2 saturated carbocycles. The van der Waals surface area contributed by atoms with E-state index in [0.29, 0.717) is 24.8 Å². The number of hydrogen-bond acceptors (Lipinski definition) is 2. The molecule has 2 aliphatic carbocycles. The maximum Gasteiger partial charge on any atom is 0.223 e. The molecule has 3 nitrogen and oxygen atoms in total. The van der Waals surface area contributed by atoms with Gasteiger partial charge in [0.25, 0.3) is 0 Å². The van der Waals surface area contributed by atoms with Gasteiger partial charge in [-0.2, -0.15) is 0 Å². The highest BCUT2D eigenvalue weighted by molar-refractivity contribution is 5.85. The van der Waals surface area contributed by atoms with E-state index in [1.54, 1.807) is 12.1 Å². The van der Waals surface area contributed by atoms with E-state index < -0.39 is 0 Å². The van der Waals surface area contributed by atoms with Crippen molar-refractivity contribution in [2.75, 3.05) is 6.54 Å². The smallest absolute Gasteiger partial charge is 0.223 e. The summed E-state index contributed by atoms with van der Waals surface area (Å²) in [4.78, 5) is 14.6. The highest BCUT2D eigenvalue weighted by atomic mass is 35.5. The number of halogens is 2. The molecule has 1 amide bonds. The third-order valence-corrected chi connectivity index (χ3v) is 4.97. The summed E-state index contributed by atoms with van der Waals surface area (Å²) >= 11 is 0. The number of carbonyl (C=O) groups excluding carboxylic acids is 1. The van der Waals surface area contributed by atoms with Gasteiger partial charge in [-0.3, -0.25) is 4.79 Å². The lowest BCUT2D eigenvalue weighted by atomic mass is 9.99. The molecule has 2 aliphatic rings. The Labute approximate surface area is 143 Å². The van der Waals surface area contributed by atoms with Crippen LogP contribution < -0.4 is 5.73 Å². The Hall–Kier alpha value is -1.13. The molecule has 23 heavy (non-hydrogen) atoms. The quantitative estimate of drug-likeness (QED) is 0.861. The molecule has 0 radical (unpaired) electrons. The Morgan fingerprint density at radius 2 is 1.87 bits per heavy atom. The van der Waals surface area contributed by atoms with E-state index in [2.05, 4.69) is 0 Å². The standard InChI is InChI=1S/C18H25FN2O.ClH/c19-16-8-6-14(7-9-16)12-21(11-13-4-5-13)18(22)10-15-2-1-3-17(15)20;/h6-9,13,15,17H,1-5,10-12,20H2;1H/t15-,17+;/m0./s1. The van der Waals surface area contributed by atoms with Crippen molar-refractivity contribution in [3.8, 4) is 0 Å². The zero-order chi connectivity index (χ0) is 15.5. The summed E-state index contributed by atoms with van der Waals surface area (Å²) in [5.41, 5.74) is 7.09. The van der Waals surface area contributed by atoms with Crippen LogP contribution in [0.25, 0.3) is 0 Å². The summed E-state index contributed by atoms with van der Waals surface area (Å²) in [5.74, 6) is 0.961. The second-order valence-corrected chi connectivity index (χ2v) is 6.90. The van der Waals surface area contributed by atoms with Gasteiger partial charge in [-0.05, 0) is 55.2 Å². The Balaban J connectivity index is 0.00000192. The van der Waals surface area contributed by atoms with E-state index in [4.69, 9.17) is 5.73 Å². The van der Waals surface area contributed by atoms with E-state index in [0.717, 1.165) is 31.4 Å². The van der Waals surface area contributed by atoms with Crippen molar-refractivity contribution in [1.82, 2.24) is 4.90 Å². The minimum absolute atomic E-state index is 0. The molecule has 0 aromatic heterocycles. The molecule has 0 aliphatic heterocycles. The van der Waals surface area contributed by atoms with Crippen molar-refractivity contribution in [2.45, 2.75) is 51.1 Å². The van der Waals surface area contributed by atoms with Gasteiger partial charge in [0.15, 0.2) is 0 Å². The van der Waals surface area contributed by atoms with E-state index in [1.807, 2.05) is 4.90 Å².